The predicted molar refractivity (Wildman–Crippen MR) is 81.5 cm³/mol. The molecule has 0 spiro atoms. The van der Waals surface area contributed by atoms with Crippen molar-refractivity contribution in [3.05, 3.63) is 35.1 Å². The highest BCUT2D eigenvalue weighted by Crippen LogP contribution is 2.35. The molecule has 0 saturated heterocycles. The number of imidazole rings is 1. The van der Waals surface area contributed by atoms with Gasteiger partial charge in [-0.3, -0.25) is 0 Å². The van der Waals surface area contributed by atoms with E-state index in [0.29, 0.717) is 10.8 Å². The molecule has 2 rings (SSSR count). The van der Waals surface area contributed by atoms with Crippen LogP contribution >= 0.6 is 11.6 Å². The molecule has 0 bridgehead atoms. The summed E-state index contributed by atoms with van der Waals surface area (Å²) in [5, 5.41) is 0.676. The van der Waals surface area contributed by atoms with Crippen LogP contribution in [-0.4, -0.2) is 9.55 Å². The minimum Gasteiger partial charge on any atom is -0.383 e. The van der Waals surface area contributed by atoms with Gasteiger partial charge in [0.2, 0.25) is 0 Å². The summed E-state index contributed by atoms with van der Waals surface area (Å²) in [7, 11) is 0. The van der Waals surface area contributed by atoms with Gasteiger partial charge < -0.3 is 10.3 Å². The molecule has 2 aromatic rings. The summed E-state index contributed by atoms with van der Waals surface area (Å²) in [5.74, 6) is 1.67. The Bertz CT molecular complexity index is 594. The van der Waals surface area contributed by atoms with Crippen LogP contribution in [0.4, 0.5) is 5.82 Å². The molecule has 0 aliphatic heterocycles. The van der Waals surface area contributed by atoms with Crippen molar-refractivity contribution >= 4 is 17.4 Å². The second-order valence-electron chi connectivity index (χ2n) is 5.64. The van der Waals surface area contributed by atoms with Crippen molar-refractivity contribution < 1.29 is 0 Å². The molecular weight excluding hydrogens is 258 g/mol. The van der Waals surface area contributed by atoms with Gasteiger partial charge in [-0.05, 0) is 13.0 Å². The van der Waals surface area contributed by atoms with Gasteiger partial charge in [0.1, 0.15) is 17.3 Å². The van der Waals surface area contributed by atoms with Crippen molar-refractivity contribution in [1.82, 2.24) is 9.55 Å². The molecule has 2 N–H and O–H groups in total. The van der Waals surface area contributed by atoms with Gasteiger partial charge in [0.25, 0.3) is 0 Å². The fraction of sp³-hybridized carbons (Fsp3) is 0.400. The van der Waals surface area contributed by atoms with Crippen LogP contribution in [0.25, 0.3) is 11.3 Å². The summed E-state index contributed by atoms with van der Waals surface area (Å²) < 4.78 is 2.05. The lowest BCUT2D eigenvalue weighted by Crippen LogP contribution is -2.19. The molecule has 19 heavy (non-hydrogen) atoms. The lowest BCUT2D eigenvalue weighted by Gasteiger charge is -2.19. The summed E-state index contributed by atoms with van der Waals surface area (Å²) >= 11 is 6.24. The van der Waals surface area contributed by atoms with Crippen LogP contribution < -0.4 is 5.73 Å². The maximum atomic E-state index is 6.25. The summed E-state index contributed by atoms with van der Waals surface area (Å²) in [6, 6.07) is 7.66. The molecule has 0 fully saturated rings. The minimum absolute atomic E-state index is 0.0519. The zero-order valence-electron chi connectivity index (χ0n) is 11.9. The molecule has 0 amide bonds. The van der Waals surface area contributed by atoms with E-state index in [9.17, 15) is 0 Å². The highest BCUT2D eigenvalue weighted by Gasteiger charge is 2.25. The lowest BCUT2D eigenvalue weighted by atomic mass is 9.95. The number of halogens is 1. The number of rotatable bonds is 2. The maximum absolute atomic E-state index is 6.25. The molecule has 4 heteroatoms. The first-order chi connectivity index (χ1) is 8.86. The highest BCUT2D eigenvalue weighted by molar-refractivity contribution is 6.33. The van der Waals surface area contributed by atoms with Crippen molar-refractivity contribution in [3.63, 3.8) is 0 Å². The van der Waals surface area contributed by atoms with Crippen LogP contribution in [0.3, 0.4) is 0 Å². The van der Waals surface area contributed by atoms with E-state index in [1.165, 1.54) is 0 Å². The van der Waals surface area contributed by atoms with Crippen LogP contribution in [-0.2, 0) is 12.0 Å². The highest BCUT2D eigenvalue weighted by atomic mass is 35.5. The van der Waals surface area contributed by atoms with E-state index in [4.69, 9.17) is 22.3 Å². The normalized spacial score (nSPS) is 11.8. The molecule has 0 aliphatic rings. The number of hydrogen-bond acceptors (Lipinski definition) is 2. The number of benzene rings is 1. The van der Waals surface area contributed by atoms with Gasteiger partial charge in [-0.25, -0.2) is 4.98 Å². The average molecular weight is 278 g/mol. The van der Waals surface area contributed by atoms with Crippen LogP contribution in [0.1, 0.15) is 33.5 Å². The van der Waals surface area contributed by atoms with Crippen molar-refractivity contribution in [2.45, 2.75) is 39.7 Å². The number of anilines is 1. The van der Waals surface area contributed by atoms with Crippen LogP contribution in [0.15, 0.2) is 24.3 Å². The summed E-state index contributed by atoms with van der Waals surface area (Å²) in [6.45, 7) is 9.28. The van der Waals surface area contributed by atoms with E-state index in [-0.39, 0.29) is 5.41 Å². The second-order valence-corrected chi connectivity index (χ2v) is 6.05. The van der Waals surface area contributed by atoms with Gasteiger partial charge in [-0.2, -0.15) is 0 Å². The van der Waals surface area contributed by atoms with Crippen LogP contribution in [0.5, 0.6) is 0 Å². The monoisotopic (exact) mass is 277 g/mol. The Morgan fingerprint density at radius 3 is 2.37 bits per heavy atom. The Morgan fingerprint density at radius 2 is 1.89 bits per heavy atom. The van der Waals surface area contributed by atoms with Crippen molar-refractivity contribution in [1.29, 1.82) is 0 Å². The van der Waals surface area contributed by atoms with Gasteiger partial charge in [0.05, 0.1) is 5.02 Å². The van der Waals surface area contributed by atoms with E-state index >= 15 is 0 Å². The van der Waals surface area contributed by atoms with Gasteiger partial charge >= 0.3 is 0 Å². The second kappa shape index (κ2) is 4.89. The van der Waals surface area contributed by atoms with E-state index in [0.717, 1.165) is 23.6 Å². The average Bonchev–Trinajstić information content (AvgIpc) is 2.67. The third-order valence-electron chi connectivity index (χ3n) is 3.12. The molecular formula is C15H20ClN3. The zero-order chi connectivity index (χ0) is 14.2. The SMILES string of the molecule is CCn1c(C(C)(C)C)nc(-c2ccccc2Cl)c1N. The molecule has 0 atom stereocenters. The molecule has 1 heterocycles. The molecule has 0 saturated carbocycles. The summed E-state index contributed by atoms with van der Waals surface area (Å²) in [5.41, 5.74) is 7.87. The van der Waals surface area contributed by atoms with Crippen LogP contribution in [0.2, 0.25) is 5.02 Å². The fourth-order valence-electron chi connectivity index (χ4n) is 2.21. The Morgan fingerprint density at radius 1 is 1.26 bits per heavy atom. The Kier molecular flexibility index (Phi) is 3.59. The van der Waals surface area contributed by atoms with E-state index < -0.39 is 0 Å². The van der Waals surface area contributed by atoms with Crippen molar-refractivity contribution in [2.75, 3.05) is 5.73 Å². The summed E-state index contributed by atoms with van der Waals surface area (Å²) in [6.07, 6.45) is 0. The quantitative estimate of drug-likeness (QED) is 0.898. The number of nitrogen functional groups attached to an aromatic ring is 1. The minimum atomic E-state index is -0.0519. The zero-order valence-corrected chi connectivity index (χ0v) is 12.6. The Hall–Kier alpha value is -1.48. The topological polar surface area (TPSA) is 43.8 Å². The first kappa shape index (κ1) is 13.9. The van der Waals surface area contributed by atoms with Gasteiger partial charge in [0.15, 0.2) is 0 Å². The smallest absolute Gasteiger partial charge is 0.131 e. The fourth-order valence-corrected chi connectivity index (χ4v) is 2.43. The van der Waals surface area contributed by atoms with E-state index in [1.54, 1.807) is 0 Å². The van der Waals surface area contributed by atoms with E-state index in [1.807, 2.05) is 24.3 Å². The third kappa shape index (κ3) is 2.47. The molecule has 0 unspecified atom stereocenters. The van der Waals surface area contributed by atoms with Crippen LogP contribution in [0, 0.1) is 0 Å². The predicted octanol–water partition coefficient (Wildman–Crippen LogP) is 4.10. The van der Waals surface area contributed by atoms with Gasteiger partial charge in [0, 0.05) is 17.5 Å². The Balaban J connectivity index is 2.67. The maximum Gasteiger partial charge on any atom is 0.131 e. The number of nitrogens with two attached hydrogens (primary N) is 1. The number of nitrogens with zero attached hydrogens (tertiary/aromatic N) is 2. The van der Waals surface area contributed by atoms with E-state index in [2.05, 4.69) is 32.3 Å². The molecule has 1 aromatic carbocycles. The van der Waals surface area contributed by atoms with Crippen molar-refractivity contribution in [3.8, 4) is 11.3 Å². The third-order valence-corrected chi connectivity index (χ3v) is 3.45. The van der Waals surface area contributed by atoms with Crippen molar-refractivity contribution in [2.24, 2.45) is 0 Å². The number of aromatic nitrogens is 2. The van der Waals surface area contributed by atoms with Gasteiger partial charge in [-0.15, -0.1) is 0 Å². The summed E-state index contributed by atoms with van der Waals surface area (Å²) in [4.78, 5) is 4.74. The molecule has 0 aliphatic carbocycles. The molecule has 0 radical (unpaired) electrons. The lowest BCUT2D eigenvalue weighted by molar-refractivity contribution is 0.509. The molecule has 1 aromatic heterocycles. The molecule has 3 nitrogen and oxygen atoms in total. The first-order valence-corrected chi connectivity index (χ1v) is 6.85. The Labute approximate surface area is 119 Å². The standard InChI is InChI=1S/C15H20ClN3/c1-5-19-13(17)12(18-14(19)15(2,3)4)10-8-6-7-9-11(10)16/h6-9H,5,17H2,1-4H3. The van der Waals surface area contributed by atoms with Gasteiger partial charge in [-0.1, -0.05) is 50.6 Å². The number of hydrogen-bond donors (Lipinski definition) is 1. The molecule has 102 valence electrons. The first-order valence-electron chi connectivity index (χ1n) is 6.47. The largest absolute Gasteiger partial charge is 0.383 e.